The summed E-state index contributed by atoms with van der Waals surface area (Å²) >= 11 is 5.59. The Kier molecular flexibility index (Phi) is 2.10. The maximum Gasteiger partial charge on any atom is 0.176 e. The van der Waals surface area contributed by atoms with Crippen LogP contribution in [0.2, 0.25) is 5.02 Å². The molecule has 0 radical (unpaired) electrons. The molecule has 0 bridgehead atoms. The highest BCUT2D eigenvalue weighted by atomic mass is 35.5. The lowest BCUT2D eigenvalue weighted by Crippen LogP contribution is -1.88. The van der Waals surface area contributed by atoms with Crippen molar-refractivity contribution in [3.05, 3.63) is 17.2 Å². The van der Waals surface area contributed by atoms with Crippen LogP contribution in [0.5, 0.6) is 11.5 Å². The Morgan fingerprint density at radius 3 is 2.73 bits per heavy atom. The lowest BCUT2D eigenvalue weighted by atomic mass is 10.3. The first-order chi connectivity index (χ1) is 5.15. The van der Waals surface area contributed by atoms with E-state index in [-0.39, 0.29) is 16.5 Å². The van der Waals surface area contributed by atoms with Crippen LogP contribution in [-0.4, -0.2) is 12.2 Å². The minimum atomic E-state index is -0.0802. The Morgan fingerprint density at radius 1 is 1.55 bits per heavy atom. The summed E-state index contributed by atoms with van der Waals surface area (Å²) in [5.74, 6) is 0.207. The molecule has 0 aliphatic rings. The number of nitrogen functional groups attached to an aromatic ring is 1. The lowest BCUT2D eigenvalue weighted by Gasteiger charge is -2.05. The molecule has 0 spiro atoms. The molecule has 0 atom stereocenters. The Balaban J connectivity index is 3.24. The van der Waals surface area contributed by atoms with Crippen LogP contribution in [0.1, 0.15) is 0 Å². The van der Waals surface area contributed by atoms with Crippen molar-refractivity contribution in [3.63, 3.8) is 0 Å². The van der Waals surface area contributed by atoms with E-state index in [9.17, 15) is 5.11 Å². The first kappa shape index (κ1) is 8.01. The minimum Gasteiger partial charge on any atom is -0.503 e. The maximum atomic E-state index is 9.21. The van der Waals surface area contributed by atoms with Gasteiger partial charge in [-0.1, -0.05) is 11.6 Å². The normalized spacial score (nSPS) is 9.64. The van der Waals surface area contributed by atoms with E-state index < -0.39 is 0 Å². The quantitative estimate of drug-likeness (QED) is 0.502. The number of hydrogen-bond donors (Lipinski definition) is 2. The number of halogens is 1. The highest BCUT2D eigenvalue weighted by molar-refractivity contribution is 6.32. The van der Waals surface area contributed by atoms with Crippen LogP contribution in [0, 0.1) is 0 Å². The average molecular weight is 174 g/mol. The third-order valence-corrected chi connectivity index (χ3v) is 1.56. The zero-order valence-corrected chi connectivity index (χ0v) is 6.72. The molecule has 60 valence electrons. The maximum absolute atomic E-state index is 9.21. The monoisotopic (exact) mass is 173 g/mol. The second-order valence-electron chi connectivity index (χ2n) is 2.05. The zero-order valence-electron chi connectivity index (χ0n) is 5.97. The van der Waals surface area contributed by atoms with Crippen molar-refractivity contribution in [3.8, 4) is 11.5 Å². The largest absolute Gasteiger partial charge is 0.503 e. The molecule has 0 saturated heterocycles. The van der Waals surface area contributed by atoms with Crippen LogP contribution >= 0.6 is 11.6 Å². The molecule has 11 heavy (non-hydrogen) atoms. The Labute approximate surface area is 69.3 Å². The number of aromatic hydroxyl groups is 1. The summed E-state index contributed by atoms with van der Waals surface area (Å²) in [6, 6.07) is 2.96. The van der Waals surface area contributed by atoms with Crippen LogP contribution in [0.3, 0.4) is 0 Å². The number of benzene rings is 1. The molecular formula is C7H8ClNO2. The van der Waals surface area contributed by atoms with Gasteiger partial charge in [-0.05, 0) is 6.07 Å². The second-order valence-corrected chi connectivity index (χ2v) is 2.46. The highest BCUT2D eigenvalue weighted by Gasteiger charge is 2.06. The van der Waals surface area contributed by atoms with Gasteiger partial charge in [0.2, 0.25) is 0 Å². The number of hydrogen-bond acceptors (Lipinski definition) is 3. The number of rotatable bonds is 1. The summed E-state index contributed by atoms with van der Waals surface area (Å²) in [4.78, 5) is 0. The van der Waals surface area contributed by atoms with E-state index >= 15 is 0 Å². The lowest BCUT2D eigenvalue weighted by molar-refractivity contribution is 0.374. The van der Waals surface area contributed by atoms with Gasteiger partial charge in [0.25, 0.3) is 0 Å². The predicted molar refractivity (Wildman–Crippen MR) is 44.1 cm³/mol. The van der Waals surface area contributed by atoms with Gasteiger partial charge in [0.1, 0.15) is 0 Å². The van der Waals surface area contributed by atoms with Gasteiger partial charge in [0, 0.05) is 11.8 Å². The van der Waals surface area contributed by atoms with Crippen molar-refractivity contribution in [1.82, 2.24) is 0 Å². The average Bonchev–Trinajstić information content (AvgIpc) is 1.96. The molecule has 3 N–H and O–H groups in total. The fraction of sp³-hybridized carbons (Fsp3) is 0.143. The summed E-state index contributed by atoms with van der Waals surface area (Å²) in [5.41, 5.74) is 5.89. The first-order valence-electron chi connectivity index (χ1n) is 2.97. The van der Waals surface area contributed by atoms with Crippen LogP contribution in [0.4, 0.5) is 5.69 Å². The third kappa shape index (κ3) is 1.49. The molecule has 1 rings (SSSR count). The number of anilines is 1. The van der Waals surface area contributed by atoms with Gasteiger partial charge in [0.15, 0.2) is 11.5 Å². The molecule has 0 aromatic heterocycles. The predicted octanol–water partition coefficient (Wildman–Crippen LogP) is 1.64. The molecule has 0 unspecified atom stereocenters. The molecule has 0 aliphatic heterocycles. The van der Waals surface area contributed by atoms with Gasteiger partial charge in [-0.15, -0.1) is 0 Å². The van der Waals surface area contributed by atoms with Crippen molar-refractivity contribution in [1.29, 1.82) is 0 Å². The van der Waals surface area contributed by atoms with E-state index in [0.717, 1.165) is 0 Å². The molecule has 0 saturated carbocycles. The van der Waals surface area contributed by atoms with Crippen LogP contribution in [0.25, 0.3) is 0 Å². The number of phenolic OH excluding ortho intramolecular Hbond substituents is 1. The van der Waals surface area contributed by atoms with Gasteiger partial charge >= 0.3 is 0 Å². The van der Waals surface area contributed by atoms with E-state index in [4.69, 9.17) is 22.1 Å². The van der Waals surface area contributed by atoms with Crippen molar-refractivity contribution in [2.24, 2.45) is 0 Å². The van der Waals surface area contributed by atoms with Crippen molar-refractivity contribution < 1.29 is 9.84 Å². The highest BCUT2D eigenvalue weighted by Crippen LogP contribution is 2.35. The van der Waals surface area contributed by atoms with Gasteiger partial charge in [-0.2, -0.15) is 0 Å². The zero-order chi connectivity index (χ0) is 8.43. The van der Waals surface area contributed by atoms with E-state index in [2.05, 4.69) is 0 Å². The van der Waals surface area contributed by atoms with Crippen LogP contribution in [0.15, 0.2) is 12.1 Å². The summed E-state index contributed by atoms with van der Waals surface area (Å²) in [5, 5.41) is 9.41. The number of phenols is 1. The number of ether oxygens (including phenoxy) is 1. The Bertz CT molecular complexity index is 275. The molecule has 3 nitrogen and oxygen atoms in total. The second kappa shape index (κ2) is 2.88. The molecule has 0 aliphatic carbocycles. The Hall–Kier alpha value is -1.09. The van der Waals surface area contributed by atoms with E-state index in [1.807, 2.05) is 0 Å². The molecule has 0 heterocycles. The molecule has 4 heteroatoms. The summed E-state index contributed by atoms with van der Waals surface area (Å²) < 4.78 is 4.79. The minimum absolute atomic E-state index is 0.0802. The first-order valence-corrected chi connectivity index (χ1v) is 3.35. The van der Waals surface area contributed by atoms with Crippen molar-refractivity contribution >= 4 is 17.3 Å². The third-order valence-electron chi connectivity index (χ3n) is 1.27. The number of nitrogens with two attached hydrogens (primary N) is 1. The smallest absolute Gasteiger partial charge is 0.176 e. The summed E-state index contributed by atoms with van der Waals surface area (Å²) in [6.07, 6.45) is 0. The molecule has 1 aromatic carbocycles. The molecule has 1 aromatic rings. The van der Waals surface area contributed by atoms with Crippen molar-refractivity contribution in [2.75, 3.05) is 12.8 Å². The topological polar surface area (TPSA) is 55.5 Å². The fourth-order valence-electron chi connectivity index (χ4n) is 0.749. The van der Waals surface area contributed by atoms with Gasteiger partial charge in [-0.25, -0.2) is 0 Å². The van der Waals surface area contributed by atoms with Gasteiger partial charge in [-0.3, -0.25) is 0 Å². The van der Waals surface area contributed by atoms with Crippen LogP contribution < -0.4 is 10.5 Å². The van der Waals surface area contributed by atoms with Gasteiger partial charge in [0.05, 0.1) is 12.1 Å². The van der Waals surface area contributed by atoms with E-state index in [1.54, 1.807) is 0 Å². The van der Waals surface area contributed by atoms with Gasteiger partial charge < -0.3 is 15.6 Å². The fourth-order valence-corrected chi connectivity index (χ4v) is 0.969. The van der Waals surface area contributed by atoms with E-state index in [0.29, 0.717) is 5.69 Å². The number of methoxy groups -OCH3 is 1. The molecule has 0 amide bonds. The molecular weight excluding hydrogens is 166 g/mol. The summed E-state index contributed by atoms with van der Waals surface area (Å²) in [6.45, 7) is 0. The SMILES string of the molecule is COc1cc(N)cc(Cl)c1O. The van der Waals surface area contributed by atoms with Crippen LogP contribution in [-0.2, 0) is 0 Å². The summed E-state index contributed by atoms with van der Waals surface area (Å²) in [7, 11) is 1.44. The standard InChI is InChI=1S/C7H8ClNO2/c1-11-6-3-4(9)2-5(8)7(6)10/h2-3,10H,9H2,1H3. The van der Waals surface area contributed by atoms with Crippen molar-refractivity contribution in [2.45, 2.75) is 0 Å². The molecule has 0 fully saturated rings. The van der Waals surface area contributed by atoms with E-state index in [1.165, 1.54) is 19.2 Å². The Morgan fingerprint density at radius 2 is 2.18 bits per heavy atom.